The van der Waals surface area contributed by atoms with Gasteiger partial charge in [0, 0.05) is 18.8 Å². The number of benzene rings is 2. The van der Waals surface area contributed by atoms with E-state index in [9.17, 15) is 14.4 Å². The summed E-state index contributed by atoms with van der Waals surface area (Å²) < 4.78 is 10.6. The van der Waals surface area contributed by atoms with Gasteiger partial charge in [-0.05, 0) is 37.1 Å². The molecule has 1 fully saturated rings. The van der Waals surface area contributed by atoms with Crippen LogP contribution in [-0.4, -0.2) is 55.7 Å². The zero-order chi connectivity index (χ0) is 21.9. The summed E-state index contributed by atoms with van der Waals surface area (Å²) in [5, 5.41) is 5.49. The molecule has 2 aromatic carbocycles. The standard InChI is InChI=1S/C23H27N3O5/c27-21(24-13-16-30-20-9-5-2-6-10-20)17-31-22(28)18-11-14-26(15-12-18)23(29)25-19-7-3-1-4-8-19/h1-10,18H,11-17H2,(H,24,27)(H,25,29). The minimum absolute atomic E-state index is 0.185. The van der Waals surface area contributed by atoms with Gasteiger partial charge in [0.2, 0.25) is 0 Å². The van der Waals surface area contributed by atoms with Gasteiger partial charge in [-0.2, -0.15) is 0 Å². The summed E-state index contributed by atoms with van der Waals surface area (Å²) in [6, 6.07) is 18.3. The second-order valence-electron chi connectivity index (χ2n) is 7.18. The van der Waals surface area contributed by atoms with Gasteiger partial charge >= 0.3 is 12.0 Å². The first-order valence-electron chi connectivity index (χ1n) is 10.3. The minimum atomic E-state index is -0.404. The van der Waals surface area contributed by atoms with E-state index in [1.807, 2.05) is 60.7 Å². The number of nitrogens with zero attached hydrogens (tertiary/aromatic N) is 1. The molecule has 2 N–H and O–H groups in total. The zero-order valence-electron chi connectivity index (χ0n) is 17.3. The summed E-state index contributed by atoms with van der Waals surface area (Å²) in [6.45, 7) is 1.25. The van der Waals surface area contributed by atoms with Crippen LogP contribution in [0, 0.1) is 5.92 Å². The Morgan fingerprint density at radius 3 is 2.26 bits per heavy atom. The van der Waals surface area contributed by atoms with Gasteiger partial charge in [0.25, 0.3) is 5.91 Å². The number of ether oxygens (including phenoxy) is 2. The van der Waals surface area contributed by atoms with Crippen molar-refractivity contribution in [2.75, 3.05) is 38.2 Å². The number of hydrogen-bond acceptors (Lipinski definition) is 5. The molecule has 0 radical (unpaired) electrons. The summed E-state index contributed by atoms with van der Waals surface area (Å²) >= 11 is 0. The van der Waals surface area contributed by atoms with Crippen LogP contribution in [0.2, 0.25) is 0 Å². The molecule has 3 rings (SSSR count). The van der Waals surface area contributed by atoms with Crippen molar-refractivity contribution in [1.82, 2.24) is 10.2 Å². The number of esters is 1. The van der Waals surface area contributed by atoms with Gasteiger partial charge in [-0.15, -0.1) is 0 Å². The normalized spacial score (nSPS) is 13.9. The van der Waals surface area contributed by atoms with Crippen molar-refractivity contribution < 1.29 is 23.9 Å². The van der Waals surface area contributed by atoms with Crippen molar-refractivity contribution in [2.45, 2.75) is 12.8 Å². The number of nitrogens with one attached hydrogen (secondary N) is 2. The number of rotatable bonds is 8. The molecule has 2 aromatic rings. The van der Waals surface area contributed by atoms with Gasteiger partial charge < -0.3 is 25.0 Å². The highest BCUT2D eigenvalue weighted by atomic mass is 16.5. The van der Waals surface area contributed by atoms with Crippen molar-refractivity contribution in [3.63, 3.8) is 0 Å². The molecule has 3 amide bonds. The van der Waals surface area contributed by atoms with E-state index in [1.54, 1.807) is 4.90 Å². The smallest absolute Gasteiger partial charge is 0.321 e. The van der Waals surface area contributed by atoms with E-state index >= 15 is 0 Å². The maximum absolute atomic E-state index is 12.3. The quantitative estimate of drug-likeness (QED) is 0.501. The summed E-state index contributed by atoms with van der Waals surface area (Å²) in [7, 11) is 0. The molecule has 0 aliphatic carbocycles. The van der Waals surface area contributed by atoms with E-state index in [1.165, 1.54) is 0 Å². The Labute approximate surface area is 181 Å². The average molecular weight is 425 g/mol. The molecule has 164 valence electrons. The highest BCUT2D eigenvalue weighted by molar-refractivity contribution is 5.89. The molecule has 0 bridgehead atoms. The van der Waals surface area contributed by atoms with Crippen LogP contribution >= 0.6 is 0 Å². The second-order valence-corrected chi connectivity index (χ2v) is 7.18. The number of anilines is 1. The first-order chi connectivity index (χ1) is 15.1. The fraction of sp³-hybridized carbons (Fsp3) is 0.348. The molecule has 1 aliphatic heterocycles. The van der Waals surface area contributed by atoms with Crippen LogP contribution in [0.4, 0.5) is 10.5 Å². The number of urea groups is 1. The molecular formula is C23H27N3O5. The molecule has 0 saturated carbocycles. The van der Waals surface area contributed by atoms with Crippen LogP contribution in [0.1, 0.15) is 12.8 Å². The van der Waals surface area contributed by atoms with Crippen molar-refractivity contribution in [1.29, 1.82) is 0 Å². The Kier molecular flexibility index (Phi) is 8.28. The van der Waals surface area contributed by atoms with E-state index in [-0.39, 0.29) is 24.5 Å². The lowest BCUT2D eigenvalue weighted by molar-refractivity contribution is -0.153. The Bertz CT molecular complexity index is 852. The SMILES string of the molecule is O=C(COC(=O)C1CCN(C(=O)Nc2ccccc2)CC1)NCCOc1ccccc1. The molecule has 0 spiro atoms. The molecule has 1 heterocycles. The van der Waals surface area contributed by atoms with Gasteiger partial charge in [0.05, 0.1) is 12.5 Å². The maximum atomic E-state index is 12.3. The van der Waals surface area contributed by atoms with Crippen molar-refractivity contribution in [3.05, 3.63) is 60.7 Å². The monoisotopic (exact) mass is 425 g/mol. The minimum Gasteiger partial charge on any atom is -0.492 e. The van der Waals surface area contributed by atoms with Crippen molar-refractivity contribution >= 4 is 23.6 Å². The lowest BCUT2D eigenvalue weighted by Gasteiger charge is -2.30. The highest BCUT2D eigenvalue weighted by Gasteiger charge is 2.28. The second kappa shape index (κ2) is 11.6. The van der Waals surface area contributed by atoms with Crippen LogP contribution in [0.25, 0.3) is 0 Å². The zero-order valence-corrected chi connectivity index (χ0v) is 17.3. The fourth-order valence-electron chi connectivity index (χ4n) is 3.22. The third kappa shape index (κ3) is 7.33. The van der Waals surface area contributed by atoms with Gasteiger partial charge in [-0.1, -0.05) is 36.4 Å². The molecule has 0 atom stereocenters. The molecule has 31 heavy (non-hydrogen) atoms. The first kappa shape index (κ1) is 22.1. The van der Waals surface area contributed by atoms with E-state index in [2.05, 4.69) is 10.6 Å². The Hall–Kier alpha value is -3.55. The van der Waals surface area contributed by atoms with Crippen LogP contribution in [0.3, 0.4) is 0 Å². The molecule has 8 heteroatoms. The summed E-state index contributed by atoms with van der Waals surface area (Å²) in [4.78, 5) is 38.1. The van der Waals surface area contributed by atoms with Crippen molar-refractivity contribution in [2.24, 2.45) is 5.92 Å². The van der Waals surface area contributed by atoms with Gasteiger partial charge in [-0.3, -0.25) is 9.59 Å². The number of carbonyl (C=O) groups is 3. The third-order valence-electron chi connectivity index (χ3n) is 4.92. The summed E-state index contributed by atoms with van der Waals surface area (Å²) in [6.07, 6.45) is 1.02. The third-order valence-corrected chi connectivity index (χ3v) is 4.92. The Balaban J connectivity index is 1.29. The van der Waals surface area contributed by atoms with Gasteiger partial charge in [0.1, 0.15) is 12.4 Å². The molecule has 1 saturated heterocycles. The van der Waals surface area contributed by atoms with E-state index in [0.29, 0.717) is 39.1 Å². The number of hydrogen-bond donors (Lipinski definition) is 2. The van der Waals surface area contributed by atoms with Gasteiger partial charge in [0.15, 0.2) is 6.61 Å². The summed E-state index contributed by atoms with van der Waals surface area (Å²) in [5.74, 6) is -0.356. The molecule has 8 nitrogen and oxygen atoms in total. The number of para-hydroxylation sites is 2. The van der Waals surface area contributed by atoms with Crippen molar-refractivity contribution in [3.8, 4) is 5.75 Å². The molecule has 1 aliphatic rings. The Morgan fingerprint density at radius 1 is 0.935 bits per heavy atom. The predicted octanol–water partition coefficient (Wildman–Crippen LogP) is 2.67. The van der Waals surface area contributed by atoms with E-state index < -0.39 is 5.97 Å². The molecule has 0 aromatic heterocycles. The molecule has 0 unspecified atom stereocenters. The van der Waals surface area contributed by atoms with E-state index in [0.717, 1.165) is 11.4 Å². The first-order valence-corrected chi connectivity index (χ1v) is 10.3. The van der Waals surface area contributed by atoms with Crippen LogP contribution in [0.5, 0.6) is 5.75 Å². The fourth-order valence-corrected chi connectivity index (χ4v) is 3.22. The number of piperidine rings is 1. The number of likely N-dealkylation sites (tertiary alicyclic amines) is 1. The van der Waals surface area contributed by atoms with Crippen LogP contribution < -0.4 is 15.4 Å². The van der Waals surface area contributed by atoms with E-state index in [4.69, 9.17) is 9.47 Å². The summed E-state index contributed by atoms with van der Waals surface area (Å²) in [5.41, 5.74) is 0.731. The highest BCUT2D eigenvalue weighted by Crippen LogP contribution is 2.19. The van der Waals surface area contributed by atoms with Crippen LogP contribution in [-0.2, 0) is 14.3 Å². The Morgan fingerprint density at radius 2 is 1.58 bits per heavy atom. The lowest BCUT2D eigenvalue weighted by atomic mass is 9.97. The lowest BCUT2D eigenvalue weighted by Crippen LogP contribution is -2.43. The largest absolute Gasteiger partial charge is 0.492 e. The van der Waals surface area contributed by atoms with Gasteiger partial charge in [-0.25, -0.2) is 4.79 Å². The number of amides is 3. The predicted molar refractivity (Wildman–Crippen MR) is 116 cm³/mol. The average Bonchev–Trinajstić information content (AvgIpc) is 2.81. The molecular weight excluding hydrogens is 398 g/mol. The number of carbonyl (C=O) groups excluding carboxylic acids is 3. The maximum Gasteiger partial charge on any atom is 0.321 e. The topological polar surface area (TPSA) is 97.0 Å². The van der Waals surface area contributed by atoms with Crippen LogP contribution in [0.15, 0.2) is 60.7 Å².